The fourth-order valence-corrected chi connectivity index (χ4v) is 2.47. The van der Waals surface area contributed by atoms with Gasteiger partial charge in [-0.2, -0.15) is 0 Å². The molecule has 6 nitrogen and oxygen atoms in total. The highest BCUT2D eigenvalue weighted by molar-refractivity contribution is 7.13. The fraction of sp³-hybridized carbons (Fsp3) is 0.545. The van der Waals surface area contributed by atoms with Crippen molar-refractivity contribution < 1.29 is 19.4 Å². The molecule has 0 aliphatic heterocycles. The molecule has 0 spiro atoms. The van der Waals surface area contributed by atoms with Gasteiger partial charge in [0, 0.05) is 13.7 Å². The Hall–Kier alpha value is -1.47. The molecule has 0 radical (unpaired) electrons. The summed E-state index contributed by atoms with van der Waals surface area (Å²) in [7, 11) is 1.56. The number of aryl methyl sites for hydroxylation is 1. The van der Waals surface area contributed by atoms with Gasteiger partial charge in [0.05, 0.1) is 12.3 Å². The van der Waals surface area contributed by atoms with Crippen LogP contribution in [0.3, 0.4) is 0 Å². The van der Waals surface area contributed by atoms with E-state index >= 15 is 0 Å². The average Bonchev–Trinajstić information content (AvgIpc) is 2.66. The van der Waals surface area contributed by atoms with E-state index in [0.717, 1.165) is 0 Å². The second kappa shape index (κ2) is 6.46. The van der Waals surface area contributed by atoms with Crippen LogP contribution >= 0.6 is 11.3 Å². The number of carbonyl (C=O) groups excluding carboxylic acids is 1. The molecule has 1 aromatic rings. The van der Waals surface area contributed by atoms with E-state index in [1.165, 1.54) is 16.2 Å². The van der Waals surface area contributed by atoms with Crippen molar-refractivity contribution in [2.75, 3.05) is 20.2 Å². The fourth-order valence-electron chi connectivity index (χ4n) is 1.47. The molecule has 0 aromatic carbocycles. The minimum absolute atomic E-state index is 0.294. The molecule has 0 fully saturated rings. The Morgan fingerprint density at radius 3 is 2.67 bits per heavy atom. The number of hydrogen-bond donors (Lipinski definition) is 1. The molecule has 100 valence electrons. The quantitative estimate of drug-likeness (QED) is 0.840. The lowest BCUT2D eigenvalue weighted by atomic mass is 10.3. The second-order valence-corrected chi connectivity index (χ2v) is 4.75. The summed E-state index contributed by atoms with van der Waals surface area (Å²) in [4.78, 5) is 28.8. The number of thiazole rings is 1. The van der Waals surface area contributed by atoms with Crippen molar-refractivity contribution in [1.82, 2.24) is 9.88 Å². The number of carboxylic acids is 1. The molecule has 1 aromatic heterocycles. The molecule has 18 heavy (non-hydrogen) atoms. The van der Waals surface area contributed by atoms with Gasteiger partial charge in [-0.15, -0.1) is 11.3 Å². The molecular weight excluding hydrogens is 256 g/mol. The first kappa shape index (κ1) is 14.6. The molecule has 0 aliphatic carbocycles. The monoisotopic (exact) mass is 272 g/mol. The van der Waals surface area contributed by atoms with E-state index in [2.05, 4.69) is 4.98 Å². The highest BCUT2D eigenvalue weighted by Crippen LogP contribution is 2.20. The summed E-state index contributed by atoms with van der Waals surface area (Å²) in [5, 5.41) is 9.46. The Balaban J connectivity index is 2.90. The first-order valence-corrected chi connectivity index (χ1v) is 6.27. The van der Waals surface area contributed by atoms with Gasteiger partial charge in [-0.3, -0.25) is 9.59 Å². The number of amides is 1. The van der Waals surface area contributed by atoms with E-state index in [9.17, 15) is 9.59 Å². The predicted molar refractivity (Wildman–Crippen MR) is 66.8 cm³/mol. The van der Waals surface area contributed by atoms with Crippen LogP contribution < -0.4 is 0 Å². The van der Waals surface area contributed by atoms with Crippen LogP contribution in [0.4, 0.5) is 0 Å². The van der Waals surface area contributed by atoms with Gasteiger partial charge < -0.3 is 14.7 Å². The van der Waals surface area contributed by atoms with Crippen LogP contribution in [-0.2, 0) is 16.1 Å². The maximum atomic E-state index is 12.1. The van der Waals surface area contributed by atoms with Crippen molar-refractivity contribution in [2.45, 2.75) is 20.5 Å². The van der Waals surface area contributed by atoms with Gasteiger partial charge in [-0.05, 0) is 13.8 Å². The smallest absolute Gasteiger partial charge is 0.323 e. The average molecular weight is 272 g/mol. The van der Waals surface area contributed by atoms with E-state index in [1.54, 1.807) is 21.0 Å². The van der Waals surface area contributed by atoms with Gasteiger partial charge in [-0.1, -0.05) is 0 Å². The van der Waals surface area contributed by atoms with Crippen LogP contribution in [0.15, 0.2) is 0 Å². The molecular formula is C11H16N2O4S. The molecule has 0 aliphatic rings. The Bertz CT molecular complexity index is 444. The zero-order chi connectivity index (χ0) is 13.7. The first-order chi connectivity index (χ1) is 8.49. The van der Waals surface area contributed by atoms with Crippen molar-refractivity contribution in [1.29, 1.82) is 0 Å². The van der Waals surface area contributed by atoms with Crippen molar-refractivity contribution in [3.05, 3.63) is 15.6 Å². The third kappa shape index (κ3) is 3.51. The number of likely N-dealkylation sites (N-methyl/N-ethyl adjacent to an activating group) is 1. The molecule has 0 saturated heterocycles. The summed E-state index contributed by atoms with van der Waals surface area (Å²) in [6, 6.07) is 0. The highest BCUT2D eigenvalue weighted by atomic mass is 32.1. The summed E-state index contributed by atoms with van der Waals surface area (Å²) in [5.41, 5.74) is 0.612. The number of nitrogens with zero attached hydrogens (tertiary/aromatic N) is 2. The van der Waals surface area contributed by atoms with Crippen LogP contribution in [-0.4, -0.2) is 47.1 Å². The second-order valence-electron chi connectivity index (χ2n) is 3.67. The summed E-state index contributed by atoms with van der Waals surface area (Å²) >= 11 is 1.24. The number of rotatable bonds is 6. The topological polar surface area (TPSA) is 79.7 Å². The van der Waals surface area contributed by atoms with Gasteiger partial charge in [0.15, 0.2) is 0 Å². The lowest BCUT2D eigenvalue weighted by Crippen LogP contribution is -2.35. The van der Waals surface area contributed by atoms with E-state index in [1.807, 2.05) is 0 Å². The van der Waals surface area contributed by atoms with Crippen LogP contribution in [0.25, 0.3) is 0 Å². The van der Waals surface area contributed by atoms with E-state index in [4.69, 9.17) is 9.84 Å². The lowest BCUT2D eigenvalue weighted by Gasteiger charge is -2.17. The summed E-state index contributed by atoms with van der Waals surface area (Å²) in [6.45, 7) is 3.88. The molecule has 7 heteroatoms. The standard InChI is InChI=1S/C11H16N2O4S/c1-4-13(5-9(14)15)11(16)10-7(2)12-8(18-10)6-17-3/h4-6H2,1-3H3,(H,14,15). The number of aromatic nitrogens is 1. The van der Waals surface area contributed by atoms with Gasteiger partial charge in [0.1, 0.15) is 16.4 Å². The number of carboxylic acid groups (broad SMARTS) is 1. The van der Waals surface area contributed by atoms with Gasteiger partial charge in [0.2, 0.25) is 0 Å². The van der Waals surface area contributed by atoms with Gasteiger partial charge >= 0.3 is 5.97 Å². The van der Waals surface area contributed by atoms with E-state index in [0.29, 0.717) is 28.7 Å². The number of hydrogen-bond acceptors (Lipinski definition) is 5. The zero-order valence-corrected chi connectivity index (χ0v) is 11.4. The Kier molecular flexibility index (Phi) is 5.24. The van der Waals surface area contributed by atoms with Crippen LogP contribution in [0.1, 0.15) is 27.3 Å². The molecule has 0 unspecified atom stereocenters. The van der Waals surface area contributed by atoms with Crippen LogP contribution in [0.5, 0.6) is 0 Å². The molecule has 0 atom stereocenters. The van der Waals surface area contributed by atoms with Crippen LogP contribution in [0.2, 0.25) is 0 Å². The SMILES string of the molecule is CCN(CC(=O)O)C(=O)c1sc(COC)nc1C. The summed E-state index contributed by atoms with van der Waals surface area (Å²) in [5.74, 6) is -1.32. The number of aliphatic carboxylic acids is 1. The maximum Gasteiger partial charge on any atom is 0.323 e. The first-order valence-electron chi connectivity index (χ1n) is 5.45. The van der Waals surface area contributed by atoms with Crippen molar-refractivity contribution in [3.8, 4) is 0 Å². The van der Waals surface area contributed by atoms with E-state index in [-0.39, 0.29) is 12.5 Å². The number of methoxy groups -OCH3 is 1. The maximum absolute atomic E-state index is 12.1. The molecule has 0 saturated carbocycles. The minimum Gasteiger partial charge on any atom is -0.480 e. The highest BCUT2D eigenvalue weighted by Gasteiger charge is 2.22. The molecule has 0 bridgehead atoms. The third-order valence-corrected chi connectivity index (χ3v) is 3.42. The van der Waals surface area contributed by atoms with E-state index < -0.39 is 5.97 Å². The number of ether oxygens (including phenoxy) is 1. The largest absolute Gasteiger partial charge is 0.480 e. The van der Waals surface area contributed by atoms with Crippen molar-refractivity contribution in [2.24, 2.45) is 0 Å². The normalized spacial score (nSPS) is 10.4. The molecule has 1 N–H and O–H groups in total. The summed E-state index contributed by atoms with van der Waals surface area (Å²) < 4.78 is 4.96. The van der Waals surface area contributed by atoms with Gasteiger partial charge in [-0.25, -0.2) is 4.98 Å². The van der Waals surface area contributed by atoms with Gasteiger partial charge in [0.25, 0.3) is 5.91 Å². The predicted octanol–water partition coefficient (Wildman–Crippen LogP) is 1.14. The Labute approximate surface area is 109 Å². The third-order valence-electron chi connectivity index (χ3n) is 2.30. The number of carbonyl (C=O) groups is 2. The zero-order valence-electron chi connectivity index (χ0n) is 10.6. The molecule has 1 heterocycles. The lowest BCUT2D eigenvalue weighted by molar-refractivity contribution is -0.137. The Morgan fingerprint density at radius 1 is 1.50 bits per heavy atom. The van der Waals surface area contributed by atoms with Crippen LogP contribution in [0, 0.1) is 6.92 Å². The van der Waals surface area contributed by atoms with Crippen molar-refractivity contribution in [3.63, 3.8) is 0 Å². The minimum atomic E-state index is -1.02. The summed E-state index contributed by atoms with van der Waals surface area (Å²) in [6.07, 6.45) is 0. The molecule has 1 rings (SSSR count). The van der Waals surface area contributed by atoms with Crippen molar-refractivity contribution >= 4 is 23.2 Å². The molecule has 1 amide bonds. The Morgan fingerprint density at radius 2 is 2.17 bits per heavy atom.